The van der Waals surface area contributed by atoms with Gasteiger partial charge in [0.2, 0.25) is 0 Å². The second-order valence-corrected chi connectivity index (χ2v) is 13.4. The minimum Gasteiger partial charge on any atom is -0.490 e. The summed E-state index contributed by atoms with van der Waals surface area (Å²) in [5, 5.41) is 3.30. The van der Waals surface area contributed by atoms with Crippen LogP contribution in [0.2, 0.25) is 0 Å². The van der Waals surface area contributed by atoms with Gasteiger partial charge in [-0.3, -0.25) is 4.79 Å². The Morgan fingerprint density at radius 1 is 0.978 bits per heavy atom. The fourth-order valence-corrected chi connectivity index (χ4v) is 7.34. The van der Waals surface area contributed by atoms with E-state index in [4.69, 9.17) is 4.74 Å². The van der Waals surface area contributed by atoms with Crippen molar-refractivity contribution in [3.05, 3.63) is 94.2 Å². The Balaban J connectivity index is 0.00000240. The van der Waals surface area contributed by atoms with Gasteiger partial charge in [0.25, 0.3) is 5.91 Å². The van der Waals surface area contributed by atoms with Crippen LogP contribution >= 0.6 is 0 Å². The molecule has 1 amide bonds. The molecule has 0 radical (unpaired) electrons. The first-order valence-corrected chi connectivity index (χ1v) is 16.8. The zero-order valence-electron chi connectivity index (χ0n) is 27.3. The number of amides is 1. The smallest absolute Gasteiger partial charge is 0.253 e. The maximum absolute atomic E-state index is 13.3. The molecule has 1 saturated heterocycles. The number of nitrogens with one attached hydrogen (secondary N) is 1. The number of rotatable bonds is 11. The van der Waals surface area contributed by atoms with Crippen molar-refractivity contribution in [2.75, 3.05) is 13.1 Å². The van der Waals surface area contributed by atoms with Crippen LogP contribution in [0.15, 0.2) is 60.8 Å². The molecule has 0 unspecified atom stereocenters. The lowest BCUT2D eigenvalue weighted by Gasteiger charge is -2.37. The second kappa shape index (κ2) is 14.8. The van der Waals surface area contributed by atoms with Crippen LogP contribution in [0.3, 0.4) is 0 Å². The lowest BCUT2D eigenvalue weighted by molar-refractivity contribution is 0.0732. The van der Waals surface area contributed by atoms with Gasteiger partial charge >= 0.3 is 0 Å². The summed E-state index contributed by atoms with van der Waals surface area (Å²) < 4.78 is 6.54. The summed E-state index contributed by atoms with van der Waals surface area (Å²) in [6.07, 6.45) is 14.0. The first kappa shape index (κ1) is 35.1. The molecule has 46 heavy (non-hydrogen) atoms. The van der Waals surface area contributed by atoms with Crippen LogP contribution in [0.25, 0.3) is 28.5 Å². The van der Waals surface area contributed by atoms with Gasteiger partial charge < -0.3 is 15.0 Å². The van der Waals surface area contributed by atoms with Crippen molar-refractivity contribution in [2.24, 2.45) is 5.41 Å². The largest absolute Gasteiger partial charge is 0.490 e. The monoisotopic (exact) mass is 620 g/mol. The van der Waals surface area contributed by atoms with Crippen molar-refractivity contribution >= 4 is 23.3 Å². The third kappa shape index (κ3) is 7.27. The van der Waals surface area contributed by atoms with Gasteiger partial charge in [0.15, 0.2) is 0 Å². The number of ether oxygens (including phenoxy) is 1. The van der Waals surface area contributed by atoms with Crippen molar-refractivity contribution in [2.45, 2.75) is 107 Å². The summed E-state index contributed by atoms with van der Waals surface area (Å²) in [5.74, 6) is 1.15. The molecule has 4 heteroatoms. The first-order valence-electron chi connectivity index (χ1n) is 16.8. The summed E-state index contributed by atoms with van der Waals surface area (Å²) in [4.78, 5) is 15.4. The number of likely N-dealkylation sites (tertiary alicyclic amines) is 1. The van der Waals surface area contributed by atoms with Crippen LogP contribution in [0.1, 0.15) is 125 Å². The number of carbonyl (C=O) groups excluding carboxylic acids is 1. The van der Waals surface area contributed by atoms with E-state index in [-0.39, 0.29) is 26.9 Å². The molecular formula is C42H56N2O2. The van der Waals surface area contributed by atoms with Gasteiger partial charge in [-0.05, 0) is 122 Å². The molecule has 2 heterocycles. The maximum Gasteiger partial charge on any atom is 0.253 e. The van der Waals surface area contributed by atoms with Crippen molar-refractivity contribution in [3.63, 3.8) is 0 Å². The number of hydrogen-bond acceptors (Lipinski definition) is 3. The zero-order chi connectivity index (χ0) is 30.8. The Labute approximate surface area is 279 Å². The van der Waals surface area contributed by atoms with Crippen molar-refractivity contribution in [1.82, 2.24) is 10.2 Å². The molecule has 246 valence electrons. The highest BCUT2D eigenvalue weighted by molar-refractivity contribution is 5.95. The highest BCUT2D eigenvalue weighted by Gasteiger charge is 2.44. The van der Waals surface area contributed by atoms with Gasteiger partial charge in [0.1, 0.15) is 5.75 Å². The van der Waals surface area contributed by atoms with E-state index in [0.29, 0.717) is 5.41 Å². The Morgan fingerprint density at radius 3 is 2.33 bits per heavy atom. The number of nitrogens with zero attached hydrogens (tertiary/aromatic N) is 1. The zero-order valence-corrected chi connectivity index (χ0v) is 27.3. The van der Waals surface area contributed by atoms with Gasteiger partial charge in [0.05, 0.1) is 11.8 Å². The van der Waals surface area contributed by atoms with E-state index in [1.165, 1.54) is 59.1 Å². The second-order valence-electron chi connectivity index (χ2n) is 13.4. The Hall–Kier alpha value is -3.79. The van der Waals surface area contributed by atoms with Crippen molar-refractivity contribution in [3.8, 4) is 16.9 Å². The third-order valence-corrected chi connectivity index (χ3v) is 10.2. The number of hydrogen-bond donors (Lipinski definition) is 1. The lowest BCUT2D eigenvalue weighted by Crippen LogP contribution is -2.35. The van der Waals surface area contributed by atoms with Gasteiger partial charge in [-0.25, -0.2) is 0 Å². The molecule has 6 rings (SSSR count). The predicted octanol–water partition coefficient (Wildman–Crippen LogP) is 11.1. The molecule has 3 aromatic rings. The van der Waals surface area contributed by atoms with Gasteiger partial charge in [-0.15, -0.1) is 0 Å². The molecule has 1 aliphatic carbocycles. The molecule has 4 nitrogen and oxygen atoms in total. The number of carbonyl (C=O) groups is 1. The normalized spacial score (nSPS) is 16.3. The highest BCUT2D eigenvalue weighted by atomic mass is 16.5. The van der Waals surface area contributed by atoms with E-state index in [0.717, 1.165) is 66.9 Å². The molecule has 0 aromatic heterocycles. The van der Waals surface area contributed by atoms with Crippen LogP contribution < -0.4 is 10.1 Å². The van der Waals surface area contributed by atoms with Crippen LogP contribution in [-0.2, 0) is 0 Å². The molecule has 3 aliphatic rings. The third-order valence-electron chi connectivity index (χ3n) is 10.2. The quantitative estimate of drug-likeness (QED) is 0.217. The summed E-state index contributed by atoms with van der Waals surface area (Å²) in [7, 11) is 0. The van der Waals surface area contributed by atoms with Gasteiger partial charge in [0, 0.05) is 30.4 Å². The summed E-state index contributed by atoms with van der Waals surface area (Å²) in [5.41, 5.74) is 11.9. The van der Waals surface area contributed by atoms with Crippen LogP contribution in [0.4, 0.5) is 0 Å². The maximum atomic E-state index is 13.3. The Kier molecular flexibility index (Phi) is 11.2. The SMILES string of the molecule is C.C.CCCC(CCC)Oc1ccc(-c2cccc(/C=C(\C)c3ccc(C(=O)N4CCC5(CCC5)C4)cc3C)c2C)cc1C1=CN1. The van der Waals surface area contributed by atoms with E-state index in [1.807, 2.05) is 12.3 Å². The topological polar surface area (TPSA) is 51.5 Å². The van der Waals surface area contributed by atoms with Crippen LogP contribution in [-0.4, -0.2) is 30.0 Å². The molecule has 3 aromatic carbocycles. The van der Waals surface area contributed by atoms with Crippen LogP contribution in [0, 0.1) is 19.3 Å². The summed E-state index contributed by atoms with van der Waals surface area (Å²) in [6.45, 7) is 12.8. The molecule has 1 saturated carbocycles. The fraction of sp³-hybridized carbons (Fsp3) is 0.452. The lowest BCUT2D eigenvalue weighted by atomic mass is 9.68. The number of allylic oxidation sites excluding steroid dienone is 1. The number of benzene rings is 3. The summed E-state index contributed by atoms with van der Waals surface area (Å²) >= 11 is 0. The molecule has 0 atom stereocenters. The van der Waals surface area contributed by atoms with Gasteiger partial charge in [-0.2, -0.15) is 0 Å². The Bertz CT molecular complexity index is 1600. The molecule has 0 bridgehead atoms. The highest BCUT2D eigenvalue weighted by Crippen LogP contribution is 2.48. The summed E-state index contributed by atoms with van der Waals surface area (Å²) in [6, 6.07) is 19.4. The minimum atomic E-state index is 0. The Morgan fingerprint density at radius 2 is 1.72 bits per heavy atom. The average molecular weight is 621 g/mol. The van der Waals surface area contributed by atoms with E-state index < -0.39 is 0 Å². The average Bonchev–Trinajstić information content (AvgIpc) is 3.74. The predicted molar refractivity (Wildman–Crippen MR) is 197 cm³/mol. The molecule has 2 fully saturated rings. The fourth-order valence-electron chi connectivity index (χ4n) is 7.34. The molecule has 1 spiro atoms. The minimum absolute atomic E-state index is 0. The molecule has 2 aliphatic heterocycles. The van der Waals surface area contributed by atoms with E-state index in [2.05, 4.69) is 99.4 Å². The van der Waals surface area contributed by atoms with Crippen molar-refractivity contribution in [1.29, 1.82) is 0 Å². The van der Waals surface area contributed by atoms with E-state index in [9.17, 15) is 4.79 Å². The molecule has 1 N–H and O–H groups in total. The number of aryl methyl sites for hydroxylation is 1. The molecular weight excluding hydrogens is 564 g/mol. The van der Waals surface area contributed by atoms with Gasteiger partial charge in [-0.1, -0.05) is 84.4 Å². The first-order chi connectivity index (χ1) is 21.3. The van der Waals surface area contributed by atoms with Crippen molar-refractivity contribution < 1.29 is 9.53 Å². The van der Waals surface area contributed by atoms with E-state index in [1.54, 1.807) is 0 Å². The van der Waals surface area contributed by atoms with E-state index >= 15 is 0 Å². The standard InChI is InChI=1S/C40H48N2O2.2CH4/c1-6-10-33(11-7-2)44-38-17-15-31(24-36(38)37-25-41-37)35-13-8-12-30(29(35)5)22-27(3)34-16-14-32(23-28(34)4)39(43)42-21-20-40(26-42)18-9-19-40;;/h8,12-17,22-25,33,41H,6-7,9-11,18-21,26H2,1-5H3;2*1H4/b27-22+;;. The van der Waals surface area contributed by atoms with Crippen LogP contribution in [0.5, 0.6) is 5.75 Å².